The number of carbonyl (C=O) groups excluding carboxylic acids is 1. The maximum absolute atomic E-state index is 15.6. The van der Waals surface area contributed by atoms with Crippen molar-refractivity contribution in [3.05, 3.63) is 121 Å². The van der Waals surface area contributed by atoms with Crippen LogP contribution in [0.5, 0.6) is 0 Å². The van der Waals surface area contributed by atoms with Crippen LogP contribution in [0.1, 0.15) is 39.0 Å². The molecule has 3 rings (SSSR count). The van der Waals surface area contributed by atoms with Crippen LogP contribution in [0.2, 0.25) is 6.82 Å². The number of nitro benzene ring substituents is 2. The monoisotopic (exact) mass is 594 g/mol. The quantitative estimate of drug-likeness (QED) is 0.106. The molecule has 0 aliphatic heterocycles. The maximum Gasteiger partial charge on any atom is 0.463 e. The molecular formula is C29H29BClFN4O6. The molecule has 0 saturated carbocycles. The molecule has 2 aromatic carbocycles. The summed E-state index contributed by atoms with van der Waals surface area (Å²) in [6.45, 7) is 11.5. The lowest BCUT2D eigenvalue weighted by Gasteiger charge is -2.29. The molecule has 1 aromatic heterocycles. The largest absolute Gasteiger partial charge is 0.463 e. The number of carbonyl (C=O) groups is 1. The summed E-state index contributed by atoms with van der Waals surface area (Å²) < 4.78 is 22.4. The number of hydrogen-bond donors (Lipinski definition) is 0. The van der Waals surface area contributed by atoms with E-state index in [1.807, 2.05) is 30.3 Å². The highest BCUT2D eigenvalue weighted by atomic mass is 35.5. The number of halogens is 2. The van der Waals surface area contributed by atoms with E-state index in [2.05, 4.69) is 6.58 Å². The smallest absolute Gasteiger partial charge is 0.443 e. The first-order valence-corrected chi connectivity index (χ1v) is 13.1. The number of non-ortho nitro benzene ring substituents is 2. The Labute approximate surface area is 247 Å². The van der Waals surface area contributed by atoms with Crippen LogP contribution in [0.3, 0.4) is 0 Å². The van der Waals surface area contributed by atoms with Gasteiger partial charge in [0.25, 0.3) is 11.4 Å². The van der Waals surface area contributed by atoms with Gasteiger partial charge in [0.15, 0.2) is 0 Å². The third-order valence-electron chi connectivity index (χ3n) is 5.85. The number of benzene rings is 2. The van der Waals surface area contributed by atoms with Gasteiger partial charge in [-0.25, -0.2) is 9.69 Å². The van der Waals surface area contributed by atoms with E-state index in [-0.39, 0.29) is 16.5 Å². The predicted octanol–water partition coefficient (Wildman–Crippen LogP) is 8.44. The van der Waals surface area contributed by atoms with Gasteiger partial charge < -0.3 is 13.5 Å². The van der Waals surface area contributed by atoms with Gasteiger partial charge in [-0.15, -0.1) is 0 Å². The van der Waals surface area contributed by atoms with Crippen LogP contribution in [0.25, 0.3) is 5.57 Å². The summed E-state index contributed by atoms with van der Waals surface area (Å²) in [6, 6.07) is 14.9. The Morgan fingerprint density at radius 1 is 1.05 bits per heavy atom. The second-order valence-corrected chi connectivity index (χ2v) is 10.7. The first kappa shape index (κ1) is 31.8. The van der Waals surface area contributed by atoms with Gasteiger partial charge in [0.05, 0.1) is 21.6 Å². The molecule has 0 bridgehead atoms. The highest BCUT2D eigenvalue weighted by Gasteiger charge is 2.33. The van der Waals surface area contributed by atoms with Crippen LogP contribution < -0.4 is 4.90 Å². The maximum atomic E-state index is 15.6. The Kier molecular flexibility index (Phi) is 9.74. The van der Waals surface area contributed by atoms with Gasteiger partial charge >= 0.3 is 13.2 Å². The van der Waals surface area contributed by atoms with Crippen LogP contribution in [0, 0.1) is 20.2 Å². The van der Waals surface area contributed by atoms with E-state index < -0.39 is 40.0 Å². The number of nitro groups is 2. The highest BCUT2D eigenvalue weighted by molar-refractivity contribution is 6.49. The Bertz CT molecular complexity index is 1560. The number of amides is 1. The molecule has 0 saturated heterocycles. The van der Waals surface area contributed by atoms with Crippen molar-refractivity contribution in [3.8, 4) is 0 Å². The summed E-state index contributed by atoms with van der Waals surface area (Å²) in [6.07, 6.45) is 2.28. The summed E-state index contributed by atoms with van der Waals surface area (Å²) in [5.41, 5.74) is -0.193. The van der Waals surface area contributed by atoms with Gasteiger partial charge in [0.2, 0.25) is 0 Å². The Morgan fingerprint density at radius 3 is 2.10 bits per heavy atom. The Morgan fingerprint density at radius 2 is 1.62 bits per heavy atom. The van der Waals surface area contributed by atoms with E-state index >= 15 is 4.32 Å². The average molecular weight is 595 g/mol. The zero-order valence-corrected chi connectivity index (χ0v) is 24.5. The lowest BCUT2D eigenvalue weighted by molar-refractivity contribution is -0.394. The normalized spacial score (nSPS) is 12.1. The van der Waals surface area contributed by atoms with E-state index in [0.717, 1.165) is 28.7 Å². The molecule has 3 aromatic rings. The topological polar surface area (TPSA) is 121 Å². The second-order valence-electron chi connectivity index (χ2n) is 10.3. The van der Waals surface area contributed by atoms with Gasteiger partial charge in [0.1, 0.15) is 11.4 Å². The minimum Gasteiger partial charge on any atom is -0.443 e. The van der Waals surface area contributed by atoms with Crippen molar-refractivity contribution in [2.24, 2.45) is 0 Å². The van der Waals surface area contributed by atoms with Crippen molar-refractivity contribution in [2.45, 2.75) is 40.1 Å². The van der Waals surface area contributed by atoms with Crippen molar-refractivity contribution in [3.63, 3.8) is 0 Å². The third-order valence-corrected chi connectivity index (χ3v) is 5.98. The summed E-state index contributed by atoms with van der Waals surface area (Å²) in [5.74, 6) is -0.0731. The summed E-state index contributed by atoms with van der Waals surface area (Å²) in [7, 11) is -1.73. The standard InChI is InChI=1S/C29H29BClFN4O6/c1-19(12-13-20(2)31)27(21-10-8-7-9-11-21)25-14-15-26(34(25)30(6)32)33(28(37)42-29(3,4)5)22-16-23(35(38)39)18-24(17-22)36(40)41/h7-18H,2H2,1,3-6H3/b13-12-,27-19+. The molecule has 0 aliphatic rings. The van der Waals surface area contributed by atoms with Gasteiger partial charge in [0, 0.05) is 28.4 Å². The van der Waals surface area contributed by atoms with Crippen molar-refractivity contribution in [2.75, 3.05) is 4.90 Å². The van der Waals surface area contributed by atoms with Gasteiger partial charge in [-0.05, 0) is 63.9 Å². The van der Waals surface area contributed by atoms with E-state index in [9.17, 15) is 25.0 Å². The minimum atomic E-state index is -1.73. The van der Waals surface area contributed by atoms with E-state index in [1.54, 1.807) is 45.9 Å². The molecule has 0 N–H and O–H groups in total. The summed E-state index contributed by atoms with van der Waals surface area (Å²) >= 11 is 5.95. The number of anilines is 2. The van der Waals surface area contributed by atoms with Crippen LogP contribution in [0.15, 0.2) is 90.0 Å². The molecule has 42 heavy (non-hydrogen) atoms. The Balaban J connectivity index is 2.41. The number of rotatable bonds is 9. The SMILES string of the molecule is C=C(Cl)/C=C\C(C)=C(/c1ccccc1)c1ccc(N(C(=O)OC(C)(C)C)c2cc([N+](=O)[O-])cc([N+](=O)[O-])c2)n1B(C)F. The lowest BCUT2D eigenvalue weighted by Crippen LogP contribution is -2.36. The van der Waals surface area contributed by atoms with E-state index in [1.165, 1.54) is 17.4 Å². The molecule has 10 nitrogen and oxygen atoms in total. The fraction of sp³-hybridized carbons (Fsp3) is 0.207. The zero-order valence-electron chi connectivity index (χ0n) is 23.7. The fourth-order valence-corrected chi connectivity index (χ4v) is 4.30. The van der Waals surface area contributed by atoms with Crippen molar-refractivity contribution >= 4 is 53.3 Å². The number of ether oxygens (including phenoxy) is 1. The number of nitrogens with zero attached hydrogens (tertiary/aromatic N) is 4. The average Bonchev–Trinajstić information content (AvgIpc) is 3.31. The van der Waals surface area contributed by atoms with Crippen LogP contribution in [-0.4, -0.2) is 33.1 Å². The molecule has 218 valence electrons. The van der Waals surface area contributed by atoms with Crippen molar-refractivity contribution < 1.29 is 23.7 Å². The number of aromatic nitrogens is 1. The second kappa shape index (κ2) is 12.9. The van der Waals surface area contributed by atoms with Gasteiger partial charge in [-0.3, -0.25) is 20.2 Å². The van der Waals surface area contributed by atoms with Gasteiger partial charge in [-0.2, -0.15) is 0 Å². The molecule has 0 spiro atoms. The fourth-order valence-electron chi connectivity index (χ4n) is 4.24. The predicted molar refractivity (Wildman–Crippen MR) is 163 cm³/mol. The molecule has 0 aliphatic carbocycles. The zero-order chi connectivity index (χ0) is 31.4. The molecular weight excluding hydrogens is 566 g/mol. The Hall–Kier alpha value is -4.71. The lowest BCUT2D eigenvalue weighted by atomic mass is 9.88. The first-order chi connectivity index (χ1) is 19.6. The van der Waals surface area contributed by atoms with Gasteiger partial charge in [-0.1, -0.05) is 54.6 Å². The van der Waals surface area contributed by atoms with Crippen LogP contribution >= 0.6 is 11.6 Å². The van der Waals surface area contributed by atoms with Crippen molar-refractivity contribution in [1.82, 2.24) is 4.48 Å². The number of hydrogen-bond acceptors (Lipinski definition) is 6. The first-order valence-electron chi connectivity index (χ1n) is 12.7. The van der Waals surface area contributed by atoms with E-state index in [4.69, 9.17) is 16.3 Å². The molecule has 13 heteroatoms. The molecule has 1 heterocycles. The van der Waals surface area contributed by atoms with Crippen molar-refractivity contribution in [1.29, 1.82) is 0 Å². The molecule has 0 radical (unpaired) electrons. The van der Waals surface area contributed by atoms with E-state index in [0.29, 0.717) is 16.8 Å². The molecule has 0 fully saturated rings. The number of allylic oxidation sites excluding steroid dienone is 4. The van der Waals surface area contributed by atoms with Crippen LogP contribution in [-0.2, 0) is 4.74 Å². The minimum absolute atomic E-state index is 0.0731. The third kappa shape index (κ3) is 7.52. The molecule has 1 amide bonds. The summed E-state index contributed by atoms with van der Waals surface area (Å²) in [5, 5.41) is 23.6. The molecule has 0 atom stereocenters. The summed E-state index contributed by atoms with van der Waals surface area (Å²) in [4.78, 5) is 36.2. The highest BCUT2D eigenvalue weighted by Crippen LogP contribution is 2.38. The molecule has 0 unspecified atom stereocenters. The van der Waals surface area contributed by atoms with Crippen LogP contribution in [0.4, 0.5) is 32.0 Å².